The maximum Gasteiger partial charge on any atom is -0.00180 e. The summed E-state index contributed by atoms with van der Waals surface area (Å²) in [6, 6.07) is 0. The summed E-state index contributed by atoms with van der Waals surface area (Å²) in [5.74, 6) is 3.12. The van der Waals surface area contributed by atoms with E-state index in [1.165, 1.54) is 64.3 Å². The predicted octanol–water partition coefficient (Wildman–Crippen LogP) is 4.37. The first kappa shape index (κ1) is 13.4. The molecule has 2 aliphatic rings. The maximum atomic E-state index is 3.59. The third-order valence-electron chi connectivity index (χ3n) is 5.08. The Morgan fingerprint density at radius 2 is 1.47 bits per heavy atom. The Morgan fingerprint density at radius 1 is 0.824 bits per heavy atom. The summed E-state index contributed by atoms with van der Waals surface area (Å²) in [7, 11) is 0. The predicted molar refractivity (Wildman–Crippen MR) is 75.2 cm³/mol. The largest absolute Gasteiger partial charge is 0.317 e. The molecule has 2 rings (SSSR count). The standard InChI is InChI=1S/C16H31N/c1-2-17-13-16-11-7-6-10-15(16)12-14-8-4-3-5-9-14/h14-17H,2-13H2,1H3. The van der Waals surface area contributed by atoms with Gasteiger partial charge in [-0.25, -0.2) is 0 Å². The summed E-state index contributed by atoms with van der Waals surface area (Å²) in [6.45, 7) is 4.67. The van der Waals surface area contributed by atoms with Gasteiger partial charge in [0.2, 0.25) is 0 Å². The van der Waals surface area contributed by atoms with Crippen molar-refractivity contribution in [3.63, 3.8) is 0 Å². The van der Waals surface area contributed by atoms with Gasteiger partial charge >= 0.3 is 0 Å². The van der Waals surface area contributed by atoms with Crippen LogP contribution in [0.25, 0.3) is 0 Å². The van der Waals surface area contributed by atoms with Crippen molar-refractivity contribution in [3.05, 3.63) is 0 Å². The smallest absolute Gasteiger partial charge is 0.00180 e. The Labute approximate surface area is 108 Å². The molecule has 0 aromatic carbocycles. The van der Waals surface area contributed by atoms with Crippen LogP contribution in [0, 0.1) is 17.8 Å². The second kappa shape index (κ2) is 7.41. The fraction of sp³-hybridized carbons (Fsp3) is 1.00. The first-order chi connectivity index (χ1) is 8.40. The molecular formula is C16H31N. The minimum absolute atomic E-state index is 0.991. The molecule has 0 radical (unpaired) electrons. The van der Waals surface area contributed by atoms with Crippen LogP contribution >= 0.6 is 0 Å². The molecule has 0 aliphatic heterocycles. The van der Waals surface area contributed by atoms with E-state index in [-0.39, 0.29) is 0 Å². The maximum absolute atomic E-state index is 3.59. The number of rotatable bonds is 5. The Morgan fingerprint density at radius 3 is 2.18 bits per heavy atom. The fourth-order valence-corrected chi connectivity index (χ4v) is 4.04. The molecule has 0 heterocycles. The van der Waals surface area contributed by atoms with Gasteiger partial charge < -0.3 is 5.32 Å². The SMILES string of the molecule is CCNCC1CCCCC1CC1CCCCC1. The highest BCUT2D eigenvalue weighted by Crippen LogP contribution is 2.38. The summed E-state index contributed by atoms with van der Waals surface area (Å²) in [4.78, 5) is 0. The normalized spacial score (nSPS) is 31.6. The van der Waals surface area contributed by atoms with Crippen molar-refractivity contribution in [1.29, 1.82) is 0 Å². The minimum atomic E-state index is 0.991. The lowest BCUT2D eigenvalue weighted by Crippen LogP contribution is -2.32. The molecular weight excluding hydrogens is 206 g/mol. The highest BCUT2D eigenvalue weighted by molar-refractivity contribution is 4.80. The Hall–Kier alpha value is -0.0400. The summed E-state index contributed by atoms with van der Waals surface area (Å²) in [5, 5.41) is 3.59. The molecule has 0 bridgehead atoms. The summed E-state index contributed by atoms with van der Waals surface area (Å²) < 4.78 is 0. The quantitative estimate of drug-likeness (QED) is 0.748. The van der Waals surface area contributed by atoms with Gasteiger partial charge in [0.25, 0.3) is 0 Å². The van der Waals surface area contributed by atoms with Crippen molar-refractivity contribution < 1.29 is 0 Å². The Balaban J connectivity index is 1.78. The zero-order valence-corrected chi connectivity index (χ0v) is 11.7. The molecule has 2 saturated carbocycles. The summed E-state index contributed by atoms with van der Waals surface area (Å²) in [6.07, 6.45) is 15.1. The van der Waals surface area contributed by atoms with Crippen LogP contribution in [0.2, 0.25) is 0 Å². The molecule has 2 unspecified atom stereocenters. The van der Waals surface area contributed by atoms with Crippen molar-refractivity contribution >= 4 is 0 Å². The lowest BCUT2D eigenvalue weighted by molar-refractivity contribution is 0.174. The monoisotopic (exact) mass is 237 g/mol. The molecule has 0 saturated heterocycles. The van der Waals surface area contributed by atoms with Crippen LogP contribution in [0.3, 0.4) is 0 Å². The first-order valence-electron chi connectivity index (χ1n) is 8.11. The number of nitrogens with one attached hydrogen (secondary N) is 1. The van der Waals surface area contributed by atoms with Gasteiger partial charge in [-0.15, -0.1) is 0 Å². The molecule has 2 fully saturated rings. The zero-order chi connectivity index (χ0) is 11.9. The lowest BCUT2D eigenvalue weighted by Gasteiger charge is -2.35. The highest BCUT2D eigenvalue weighted by Gasteiger charge is 2.27. The van der Waals surface area contributed by atoms with Crippen molar-refractivity contribution in [1.82, 2.24) is 5.32 Å². The van der Waals surface area contributed by atoms with Gasteiger partial charge in [0, 0.05) is 0 Å². The van der Waals surface area contributed by atoms with Crippen molar-refractivity contribution in [2.24, 2.45) is 17.8 Å². The minimum Gasteiger partial charge on any atom is -0.317 e. The van der Waals surface area contributed by atoms with Crippen LogP contribution in [-0.4, -0.2) is 13.1 Å². The van der Waals surface area contributed by atoms with E-state index in [1.54, 1.807) is 6.42 Å². The molecule has 2 aliphatic carbocycles. The molecule has 1 N–H and O–H groups in total. The summed E-state index contributed by atoms with van der Waals surface area (Å²) >= 11 is 0. The average molecular weight is 237 g/mol. The van der Waals surface area contributed by atoms with Crippen molar-refractivity contribution in [2.45, 2.75) is 71.1 Å². The second-order valence-corrected chi connectivity index (χ2v) is 6.35. The van der Waals surface area contributed by atoms with Gasteiger partial charge in [-0.2, -0.15) is 0 Å². The van der Waals surface area contributed by atoms with E-state index in [4.69, 9.17) is 0 Å². The van der Waals surface area contributed by atoms with Gasteiger partial charge in [0.15, 0.2) is 0 Å². The van der Waals surface area contributed by atoms with Crippen LogP contribution in [0.15, 0.2) is 0 Å². The molecule has 0 aromatic rings. The third-order valence-corrected chi connectivity index (χ3v) is 5.08. The van der Waals surface area contributed by atoms with Crippen LogP contribution in [-0.2, 0) is 0 Å². The highest BCUT2D eigenvalue weighted by atomic mass is 14.8. The van der Waals surface area contributed by atoms with E-state index in [1.807, 2.05) is 0 Å². The molecule has 0 aromatic heterocycles. The van der Waals surface area contributed by atoms with Crippen molar-refractivity contribution in [2.75, 3.05) is 13.1 Å². The Bertz CT molecular complexity index is 196. The first-order valence-corrected chi connectivity index (χ1v) is 8.11. The molecule has 1 heteroatoms. The van der Waals surface area contributed by atoms with Gasteiger partial charge in [0.05, 0.1) is 0 Å². The second-order valence-electron chi connectivity index (χ2n) is 6.35. The molecule has 0 spiro atoms. The van der Waals surface area contributed by atoms with Crippen LogP contribution in [0.1, 0.15) is 71.1 Å². The van der Waals surface area contributed by atoms with Gasteiger partial charge in [-0.1, -0.05) is 58.3 Å². The molecule has 0 amide bonds. The van der Waals surface area contributed by atoms with Crippen LogP contribution in [0.4, 0.5) is 0 Å². The Kier molecular flexibility index (Phi) is 5.84. The molecule has 17 heavy (non-hydrogen) atoms. The van der Waals surface area contributed by atoms with E-state index in [2.05, 4.69) is 12.2 Å². The van der Waals surface area contributed by atoms with Crippen LogP contribution < -0.4 is 5.32 Å². The fourth-order valence-electron chi connectivity index (χ4n) is 4.04. The molecule has 100 valence electrons. The van der Waals surface area contributed by atoms with Crippen LogP contribution in [0.5, 0.6) is 0 Å². The van der Waals surface area contributed by atoms with E-state index < -0.39 is 0 Å². The van der Waals surface area contributed by atoms with Gasteiger partial charge in [-0.3, -0.25) is 0 Å². The zero-order valence-electron chi connectivity index (χ0n) is 11.7. The lowest BCUT2D eigenvalue weighted by atomic mass is 9.72. The van der Waals surface area contributed by atoms with E-state index in [9.17, 15) is 0 Å². The van der Waals surface area contributed by atoms with E-state index in [0.717, 1.165) is 24.3 Å². The molecule has 2 atom stereocenters. The van der Waals surface area contributed by atoms with Gasteiger partial charge in [0.1, 0.15) is 0 Å². The topological polar surface area (TPSA) is 12.0 Å². The van der Waals surface area contributed by atoms with E-state index in [0.29, 0.717) is 0 Å². The number of hydrogen-bond donors (Lipinski definition) is 1. The summed E-state index contributed by atoms with van der Waals surface area (Å²) in [5.41, 5.74) is 0. The average Bonchev–Trinajstić information content (AvgIpc) is 2.39. The molecule has 1 nitrogen and oxygen atoms in total. The third kappa shape index (κ3) is 4.28. The van der Waals surface area contributed by atoms with E-state index >= 15 is 0 Å². The number of hydrogen-bond acceptors (Lipinski definition) is 1. The van der Waals surface area contributed by atoms with Crippen molar-refractivity contribution in [3.8, 4) is 0 Å². The van der Waals surface area contributed by atoms with Gasteiger partial charge in [-0.05, 0) is 43.7 Å².